The zero-order chi connectivity index (χ0) is 29.4. The number of amides is 2. The average Bonchev–Trinajstić information content (AvgIpc) is 3.17. The number of carbonyl (C=O) groups is 4. The summed E-state index contributed by atoms with van der Waals surface area (Å²) in [6.45, 7) is 1.46. The van der Waals surface area contributed by atoms with Crippen molar-refractivity contribution in [2.75, 3.05) is 4.90 Å². The predicted molar refractivity (Wildman–Crippen MR) is 140 cm³/mol. The number of rotatable bonds is 3. The van der Waals surface area contributed by atoms with Crippen LogP contribution in [0.25, 0.3) is 0 Å². The van der Waals surface area contributed by atoms with Crippen molar-refractivity contribution in [3.05, 3.63) is 87.5 Å². The normalized spacial score (nSPS) is 25.9. The summed E-state index contributed by atoms with van der Waals surface area (Å²) < 4.78 is 43.2. The summed E-state index contributed by atoms with van der Waals surface area (Å²) in [5.74, 6) is -6.36. The fourth-order valence-corrected chi connectivity index (χ4v) is 6.65. The minimum absolute atomic E-state index is 0.0137. The van der Waals surface area contributed by atoms with E-state index in [0.717, 1.165) is 23.1 Å². The van der Waals surface area contributed by atoms with E-state index in [1.165, 1.54) is 13.0 Å². The molecule has 3 aliphatic carbocycles. The molecule has 0 unspecified atom stereocenters. The van der Waals surface area contributed by atoms with E-state index in [4.69, 9.17) is 11.6 Å². The van der Waals surface area contributed by atoms with Crippen molar-refractivity contribution in [3.8, 4) is 11.5 Å². The van der Waals surface area contributed by atoms with Gasteiger partial charge in [0.05, 0.1) is 17.5 Å². The highest BCUT2D eigenvalue weighted by Crippen LogP contribution is 2.56. The Hall–Kier alpha value is -4.18. The standard InChI is InChI=1S/C30H21ClF3NO6/c1-13-10-23(37)21-12-19-17(7-8-18-25(19)29(40)35(28(18)39)15-4-2-14(31)3-5-15)24(26(21)27(13)38)20-11-16(6-9-22(20)36)41-30(32,33)34/h2-7,9-11,18-19,24-25,36H,8,12H2,1H3/t18-,19+,24+,25-/m0/s1. The molecule has 4 atom stereocenters. The highest BCUT2D eigenvalue weighted by atomic mass is 35.5. The van der Waals surface area contributed by atoms with E-state index in [1.807, 2.05) is 0 Å². The number of alkyl halides is 3. The monoisotopic (exact) mass is 583 g/mol. The van der Waals surface area contributed by atoms with Crippen LogP contribution in [0.15, 0.2) is 76.9 Å². The number of imide groups is 1. The molecule has 2 amide bonds. The van der Waals surface area contributed by atoms with Gasteiger partial charge in [0.25, 0.3) is 0 Å². The largest absolute Gasteiger partial charge is 0.573 e. The molecule has 0 bridgehead atoms. The van der Waals surface area contributed by atoms with Crippen LogP contribution in [-0.2, 0) is 19.2 Å². The lowest BCUT2D eigenvalue weighted by molar-refractivity contribution is -0.274. The van der Waals surface area contributed by atoms with Crippen molar-refractivity contribution in [3.63, 3.8) is 0 Å². The molecule has 4 aliphatic rings. The highest BCUT2D eigenvalue weighted by Gasteiger charge is 2.57. The first-order chi connectivity index (χ1) is 19.4. The highest BCUT2D eigenvalue weighted by molar-refractivity contribution is 6.31. The Morgan fingerprint density at radius 2 is 1.71 bits per heavy atom. The Morgan fingerprint density at radius 1 is 1.00 bits per heavy atom. The fraction of sp³-hybridized carbons (Fsp3) is 0.267. The number of ether oxygens (including phenoxy) is 1. The van der Waals surface area contributed by atoms with Gasteiger partial charge in [-0.05, 0) is 74.2 Å². The molecular weight excluding hydrogens is 563 g/mol. The number of allylic oxidation sites excluding steroid dienone is 6. The van der Waals surface area contributed by atoms with Crippen LogP contribution in [-0.4, -0.2) is 34.8 Å². The summed E-state index contributed by atoms with van der Waals surface area (Å²) >= 11 is 5.98. The van der Waals surface area contributed by atoms with Gasteiger partial charge in [0.15, 0.2) is 11.6 Å². The summed E-state index contributed by atoms with van der Waals surface area (Å²) in [5, 5.41) is 11.3. The van der Waals surface area contributed by atoms with Gasteiger partial charge < -0.3 is 9.84 Å². The Kier molecular flexibility index (Phi) is 6.22. The van der Waals surface area contributed by atoms with Crippen LogP contribution in [0.3, 0.4) is 0 Å². The molecule has 210 valence electrons. The minimum atomic E-state index is -5.01. The summed E-state index contributed by atoms with van der Waals surface area (Å²) in [6, 6.07) is 9.16. The minimum Gasteiger partial charge on any atom is -0.508 e. The van der Waals surface area contributed by atoms with Crippen LogP contribution in [0.2, 0.25) is 5.02 Å². The Bertz CT molecular complexity index is 1640. The van der Waals surface area contributed by atoms with Gasteiger partial charge in [0.2, 0.25) is 11.8 Å². The number of hydrogen-bond donors (Lipinski definition) is 1. The molecule has 1 aliphatic heterocycles. The van der Waals surface area contributed by atoms with Crippen molar-refractivity contribution in [2.45, 2.75) is 32.0 Å². The predicted octanol–water partition coefficient (Wildman–Crippen LogP) is 5.58. The maximum atomic E-state index is 13.8. The van der Waals surface area contributed by atoms with Crippen molar-refractivity contribution in [1.82, 2.24) is 0 Å². The SMILES string of the molecule is CC1=CC(=O)C2=C(C1=O)[C@@H](c1cc(OC(F)(F)F)ccc1O)C1=CC[C@@H]3C(=O)N(c4ccc(Cl)cc4)C(=O)[C@@H]3[C@@H]1C2. The molecule has 0 spiro atoms. The quantitative estimate of drug-likeness (QED) is 0.288. The van der Waals surface area contributed by atoms with Crippen LogP contribution in [0.4, 0.5) is 18.9 Å². The molecule has 1 saturated heterocycles. The second-order valence-electron chi connectivity index (χ2n) is 10.5. The molecule has 1 N–H and O–H groups in total. The van der Waals surface area contributed by atoms with Gasteiger partial charge in [0.1, 0.15) is 11.5 Å². The summed E-state index contributed by atoms with van der Waals surface area (Å²) in [7, 11) is 0. The van der Waals surface area contributed by atoms with Gasteiger partial charge in [-0.25, -0.2) is 0 Å². The first-order valence-corrected chi connectivity index (χ1v) is 13.2. The van der Waals surface area contributed by atoms with E-state index < -0.39 is 64.9 Å². The Labute approximate surface area is 236 Å². The summed E-state index contributed by atoms with van der Waals surface area (Å²) in [4.78, 5) is 55.1. The average molecular weight is 584 g/mol. The molecule has 41 heavy (non-hydrogen) atoms. The zero-order valence-corrected chi connectivity index (χ0v) is 22.1. The van der Waals surface area contributed by atoms with Crippen LogP contribution < -0.4 is 9.64 Å². The van der Waals surface area contributed by atoms with Gasteiger partial charge >= 0.3 is 6.36 Å². The molecule has 11 heteroatoms. The number of nitrogens with zero attached hydrogens (tertiary/aromatic N) is 1. The number of fused-ring (bicyclic) bond motifs is 3. The number of benzene rings is 2. The molecule has 2 aromatic carbocycles. The lowest BCUT2D eigenvalue weighted by Gasteiger charge is -2.42. The lowest BCUT2D eigenvalue weighted by atomic mass is 9.59. The molecule has 7 nitrogen and oxygen atoms in total. The zero-order valence-electron chi connectivity index (χ0n) is 21.4. The molecular formula is C30H21ClF3NO6. The number of halogens is 4. The van der Waals surface area contributed by atoms with Gasteiger partial charge in [-0.1, -0.05) is 23.3 Å². The topological polar surface area (TPSA) is 101 Å². The maximum absolute atomic E-state index is 13.8. The molecule has 6 rings (SSSR count). The summed E-state index contributed by atoms with van der Waals surface area (Å²) in [5.41, 5.74) is 1.05. The number of aromatic hydroxyl groups is 1. The molecule has 1 fully saturated rings. The molecule has 2 aromatic rings. The van der Waals surface area contributed by atoms with Gasteiger partial charge in [-0.2, -0.15) is 0 Å². The Balaban J connectivity index is 1.49. The van der Waals surface area contributed by atoms with Gasteiger partial charge in [-0.3, -0.25) is 24.1 Å². The molecule has 0 saturated carbocycles. The van der Waals surface area contributed by atoms with Crippen LogP contribution in [0.1, 0.15) is 31.2 Å². The third kappa shape index (κ3) is 4.37. The van der Waals surface area contributed by atoms with E-state index in [2.05, 4.69) is 4.74 Å². The van der Waals surface area contributed by atoms with Crippen molar-refractivity contribution in [1.29, 1.82) is 0 Å². The van der Waals surface area contributed by atoms with E-state index in [1.54, 1.807) is 30.3 Å². The first kappa shape index (κ1) is 27.0. The number of anilines is 1. The summed E-state index contributed by atoms with van der Waals surface area (Å²) in [6.07, 6.45) is -2.00. The lowest BCUT2D eigenvalue weighted by Crippen LogP contribution is -2.39. The van der Waals surface area contributed by atoms with Gasteiger partial charge in [-0.15, -0.1) is 13.2 Å². The number of hydrogen-bond acceptors (Lipinski definition) is 6. The van der Waals surface area contributed by atoms with E-state index in [9.17, 15) is 37.5 Å². The number of ketones is 2. The van der Waals surface area contributed by atoms with Gasteiger partial charge in [0, 0.05) is 33.2 Å². The van der Waals surface area contributed by atoms with Crippen LogP contribution in [0.5, 0.6) is 11.5 Å². The van der Waals surface area contributed by atoms with Crippen molar-refractivity contribution >= 4 is 40.7 Å². The number of carbonyl (C=O) groups excluding carboxylic acids is 4. The van der Waals surface area contributed by atoms with Crippen molar-refractivity contribution < 1.29 is 42.2 Å². The van der Waals surface area contributed by atoms with E-state index in [0.29, 0.717) is 16.3 Å². The molecule has 0 aromatic heterocycles. The fourth-order valence-electron chi connectivity index (χ4n) is 6.52. The van der Waals surface area contributed by atoms with E-state index >= 15 is 0 Å². The number of phenols is 1. The van der Waals surface area contributed by atoms with Crippen molar-refractivity contribution in [2.24, 2.45) is 17.8 Å². The first-order valence-electron chi connectivity index (χ1n) is 12.8. The molecule has 0 radical (unpaired) electrons. The third-order valence-electron chi connectivity index (χ3n) is 8.19. The molecule has 1 heterocycles. The number of phenolic OH excluding ortho intramolecular Hbond substituents is 1. The maximum Gasteiger partial charge on any atom is 0.573 e. The second-order valence-corrected chi connectivity index (χ2v) is 10.9. The Morgan fingerprint density at radius 3 is 2.39 bits per heavy atom. The third-order valence-corrected chi connectivity index (χ3v) is 8.45. The smallest absolute Gasteiger partial charge is 0.508 e. The second kappa shape index (κ2) is 9.44. The van der Waals surface area contributed by atoms with Crippen LogP contribution in [0, 0.1) is 17.8 Å². The van der Waals surface area contributed by atoms with Crippen LogP contribution >= 0.6 is 11.6 Å². The number of Topliss-reactive ketones (excluding diaryl/α,β-unsaturated/α-hetero) is 1. The van der Waals surface area contributed by atoms with E-state index in [-0.39, 0.29) is 35.1 Å².